The minimum absolute atomic E-state index is 0.212. The second-order valence-electron chi connectivity index (χ2n) is 4.94. The molecule has 1 aromatic carbocycles. The van der Waals surface area contributed by atoms with Crippen LogP contribution in [0.4, 0.5) is 0 Å². The van der Waals surface area contributed by atoms with Gasteiger partial charge in [-0.25, -0.2) is 0 Å². The minimum atomic E-state index is 0.212. The first-order valence-electron chi connectivity index (χ1n) is 6.35. The Morgan fingerprint density at radius 3 is 2.53 bits per heavy atom. The molecule has 1 heterocycles. The third kappa shape index (κ3) is 2.96. The van der Waals surface area contributed by atoms with E-state index in [0.29, 0.717) is 0 Å². The maximum Gasteiger partial charge on any atom is 0.0453 e. The van der Waals surface area contributed by atoms with Crippen molar-refractivity contribution >= 4 is 23.2 Å². The number of rotatable bonds is 4. The zero-order valence-electron chi connectivity index (χ0n) is 10.2. The predicted octanol–water partition coefficient (Wildman–Crippen LogP) is 4.46. The van der Waals surface area contributed by atoms with Crippen LogP contribution in [-0.4, -0.2) is 12.1 Å². The maximum absolute atomic E-state index is 6.26. The molecule has 1 aliphatic rings. The van der Waals surface area contributed by atoms with Crippen LogP contribution >= 0.6 is 23.2 Å². The second kappa shape index (κ2) is 5.60. The van der Waals surface area contributed by atoms with Crippen LogP contribution in [0.1, 0.15) is 38.2 Å². The summed E-state index contributed by atoms with van der Waals surface area (Å²) in [6.45, 7) is 3.35. The molecule has 1 nitrogen and oxygen atoms in total. The van der Waals surface area contributed by atoms with E-state index in [2.05, 4.69) is 12.2 Å². The molecule has 3 heteroatoms. The molecule has 1 N–H and O–H groups in total. The molecule has 0 aliphatic carbocycles. The van der Waals surface area contributed by atoms with Gasteiger partial charge in [0.1, 0.15) is 0 Å². The summed E-state index contributed by atoms with van der Waals surface area (Å²) in [4.78, 5) is 0. The minimum Gasteiger partial charge on any atom is -0.311 e. The number of halogens is 2. The van der Waals surface area contributed by atoms with Gasteiger partial charge in [-0.1, -0.05) is 42.6 Å². The lowest BCUT2D eigenvalue weighted by molar-refractivity contribution is 0.342. The molecule has 2 rings (SSSR count). The van der Waals surface area contributed by atoms with Crippen LogP contribution in [0.5, 0.6) is 0 Å². The van der Waals surface area contributed by atoms with E-state index >= 15 is 0 Å². The monoisotopic (exact) mass is 271 g/mol. The quantitative estimate of drug-likeness (QED) is 0.853. The lowest BCUT2D eigenvalue weighted by atomic mass is 9.85. The summed E-state index contributed by atoms with van der Waals surface area (Å²) < 4.78 is 0. The fourth-order valence-corrected chi connectivity index (χ4v) is 3.37. The smallest absolute Gasteiger partial charge is 0.0453 e. The molecule has 0 spiro atoms. The molecular formula is C14H19Cl2N. The Bertz CT molecular complexity index is 364. The first-order valence-corrected chi connectivity index (χ1v) is 7.10. The topological polar surface area (TPSA) is 12.0 Å². The molecule has 1 fully saturated rings. The van der Waals surface area contributed by atoms with Crippen LogP contribution in [0.3, 0.4) is 0 Å². The van der Waals surface area contributed by atoms with Gasteiger partial charge in [-0.15, -0.1) is 0 Å². The second-order valence-corrected chi connectivity index (χ2v) is 5.75. The lowest BCUT2D eigenvalue weighted by Gasteiger charge is -2.30. The van der Waals surface area contributed by atoms with Gasteiger partial charge in [-0.2, -0.15) is 0 Å². The van der Waals surface area contributed by atoms with Crippen LogP contribution in [0.2, 0.25) is 10.0 Å². The molecule has 1 aliphatic heterocycles. The standard InChI is InChI=1S/C14H19Cl2N/c1-2-7-14(8-4-9-17-14)10-11-12(15)5-3-6-13(11)16/h3,5-6,17H,2,4,7-10H2,1H3. The summed E-state index contributed by atoms with van der Waals surface area (Å²) in [5.74, 6) is 0. The molecule has 1 atom stereocenters. The van der Waals surface area contributed by atoms with Crippen molar-refractivity contribution in [2.75, 3.05) is 6.54 Å². The largest absolute Gasteiger partial charge is 0.311 e. The highest BCUT2D eigenvalue weighted by Gasteiger charge is 2.33. The highest BCUT2D eigenvalue weighted by atomic mass is 35.5. The first kappa shape index (κ1) is 13.2. The zero-order valence-corrected chi connectivity index (χ0v) is 11.7. The molecular weight excluding hydrogens is 253 g/mol. The van der Waals surface area contributed by atoms with E-state index in [1.54, 1.807) is 0 Å². The SMILES string of the molecule is CCCC1(Cc2c(Cl)cccc2Cl)CCCN1. The summed E-state index contributed by atoms with van der Waals surface area (Å²) in [5, 5.41) is 5.24. The molecule has 1 aromatic rings. The van der Waals surface area contributed by atoms with E-state index in [1.165, 1.54) is 25.7 Å². The highest BCUT2D eigenvalue weighted by molar-refractivity contribution is 6.36. The van der Waals surface area contributed by atoms with Crippen molar-refractivity contribution in [3.8, 4) is 0 Å². The predicted molar refractivity (Wildman–Crippen MR) is 75.0 cm³/mol. The molecule has 0 aromatic heterocycles. The molecule has 0 radical (unpaired) electrons. The van der Waals surface area contributed by atoms with Crippen molar-refractivity contribution in [2.45, 2.75) is 44.6 Å². The number of hydrogen-bond donors (Lipinski definition) is 1. The fraction of sp³-hybridized carbons (Fsp3) is 0.571. The lowest BCUT2D eigenvalue weighted by Crippen LogP contribution is -2.41. The highest BCUT2D eigenvalue weighted by Crippen LogP contribution is 2.34. The van der Waals surface area contributed by atoms with Crippen LogP contribution in [0, 0.1) is 0 Å². The molecule has 0 bridgehead atoms. The van der Waals surface area contributed by atoms with Gasteiger partial charge in [0.25, 0.3) is 0 Å². The number of benzene rings is 1. The summed E-state index contributed by atoms with van der Waals surface area (Å²) in [5.41, 5.74) is 1.31. The molecule has 1 unspecified atom stereocenters. The fourth-order valence-electron chi connectivity index (χ4n) is 2.84. The van der Waals surface area contributed by atoms with Crippen LogP contribution in [0.25, 0.3) is 0 Å². The van der Waals surface area contributed by atoms with Crippen LogP contribution in [0.15, 0.2) is 18.2 Å². The summed E-state index contributed by atoms with van der Waals surface area (Å²) >= 11 is 12.5. The molecule has 94 valence electrons. The Morgan fingerprint density at radius 1 is 1.29 bits per heavy atom. The molecule has 0 amide bonds. The van der Waals surface area contributed by atoms with Crippen LogP contribution in [-0.2, 0) is 6.42 Å². The molecule has 17 heavy (non-hydrogen) atoms. The van der Waals surface area contributed by atoms with Crippen molar-refractivity contribution in [2.24, 2.45) is 0 Å². The summed E-state index contributed by atoms with van der Waals surface area (Å²) in [7, 11) is 0. The van der Waals surface area contributed by atoms with Gasteiger partial charge < -0.3 is 5.32 Å². The Hall–Kier alpha value is -0.240. The van der Waals surface area contributed by atoms with Gasteiger partial charge in [0.2, 0.25) is 0 Å². The van der Waals surface area contributed by atoms with Crippen LogP contribution < -0.4 is 5.32 Å². The van der Waals surface area contributed by atoms with Crippen molar-refractivity contribution < 1.29 is 0 Å². The van der Waals surface area contributed by atoms with Gasteiger partial charge in [-0.3, -0.25) is 0 Å². The van der Waals surface area contributed by atoms with Gasteiger partial charge in [0.15, 0.2) is 0 Å². The van der Waals surface area contributed by atoms with Gasteiger partial charge in [0, 0.05) is 15.6 Å². The summed E-state index contributed by atoms with van der Waals surface area (Å²) in [6, 6.07) is 5.76. The average molecular weight is 272 g/mol. The normalized spacial score (nSPS) is 24.2. The van der Waals surface area contributed by atoms with Crippen molar-refractivity contribution in [3.63, 3.8) is 0 Å². The number of nitrogens with one attached hydrogen (secondary N) is 1. The van der Waals surface area contributed by atoms with Crippen molar-refractivity contribution in [1.29, 1.82) is 0 Å². The van der Waals surface area contributed by atoms with E-state index in [1.807, 2.05) is 18.2 Å². The van der Waals surface area contributed by atoms with Crippen molar-refractivity contribution in [1.82, 2.24) is 5.32 Å². The van der Waals surface area contributed by atoms with Gasteiger partial charge in [-0.05, 0) is 49.9 Å². The third-order valence-corrected chi connectivity index (χ3v) is 4.35. The van der Waals surface area contributed by atoms with Gasteiger partial charge in [0.05, 0.1) is 0 Å². The van der Waals surface area contributed by atoms with E-state index in [4.69, 9.17) is 23.2 Å². The zero-order chi connectivity index (χ0) is 12.3. The van der Waals surface area contributed by atoms with Gasteiger partial charge >= 0.3 is 0 Å². The van der Waals surface area contributed by atoms with Crippen molar-refractivity contribution in [3.05, 3.63) is 33.8 Å². The third-order valence-electron chi connectivity index (χ3n) is 3.64. The average Bonchev–Trinajstić information content (AvgIpc) is 2.73. The van der Waals surface area contributed by atoms with E-state index in [-0.39, 0.29) is 5.54 Å². The number of hydrogen-bond acceptors (Lipinski definition) is 1. The molecule has 1 saturated heterocycles. The molecule has 0 saturated carbocycles. The van der Waals surface area contributed by atoms with E-state index in [9.17, 15) is 0 Å². The van der Waals surface area contributed by atoms with E-state index < -0.39 is 0 Å². The Morgan fingerprint density at radius 2 is 2.00 bits per heavy atom. The Balaban J connectivity index is 2.23. The Kier molecular flexibility index (Phi) is 4.35. The summed E-state index contributed by atoms with van der Waals surface area (Å²) in [6.07, 6.45) is 5.80. The van der Waals surface area contributed by atoms with E-state index in [0.717, 1.165) is 28.6 Å². The maximum atomic E-state index is 6.26. The first-order chi connectivity index (χ1) is 8.17. The Labute approximate surface area is 114 Å².